The molecule has 8 nitrogen and oxygen atoms in total. The van der Waals surface area contributed by atoms with E-state index < -0.39 is 0 Å². The minimum absolute atomic E-state index is 0.0350. The number of carbonyl (C=O) groups is 1. The topological polar surface area (TPSA) is 94.1 Å². The number of rotatable bonds is 5. The van der Waals surface area contributed by atoms with Gasteiger partial charge in [-0.3, -0.25) is 9.48 Å². The fourth-order valence-electron chi connectivity index (χ4n) is 4.42. The number of ether oxygens (including phenoxy) is 2. The van der Waals surface area contributed by atoms with Crippen LogP contribution in [0.25, 0.3) is 11.0 Å². The van der Waals surface area contributed by atoms with Crippen LogP contribution in [0.3, 0.4) is 0 Å². The molecule has 3 atom stereocenters. The number of aromatic amines is 1. The van der Waals surface area contributed by atoms with Gasteiger partial charge >= 0.3 is 0 Å². The number of anilines is 1. The number of nitrogens with one attached hydrogen (secondary N) is 2. The molecule has 2 aliphatic rings. The van der Waals surface area contributed by atoms with E-state index in [1.165, 1.54) is 0 Å². The first kappa shape index (κ1) is 19.3. The summed E-state index contributed by atoms with van der Waals surface area (Å²) in [5.41, 5.74) is 3.47. The average molecular weight is 409 g/mol. The summed E-state index contributed by atoms with van der Waals surface area (Å²) in [6.45, 7) is 5.50. The maximum absolute atomic E-state index is 13.1. The van der Waals surface area contributed by atoms with Crippen molar-refractivity contribution in [3.63, 3.8) is 0 Å². The molecule has 5 rings (SSSR count). The van der Waals surface area contributed by atoms with E-state index in [2.05, 4.69) is 34.2 Å². The Balaban J connectivity index is 1.34. The van der Waals surface area contributed by atoms with Gasteiger partial charge in [0, 0.05) is 31.1 Å². The first-order valence-corrected chi connectivity index (χ1v) is 10.7. The highest BCUT2D eigenvalue weighted by atomic mass is 16.5. The zero-order valence-electron chi connectivity index (χ0n) is 17.3. The van der Waals surface area contributed by atoms with Gasteiger partial charge in [0.2, 0.25) is 5.91 Å². The quantitative estimate of drug-likeness (QED) is 0.666. The second kappa shape index (κ2) is 7.85. The van der Waals surface area contributed by atoms with Crippen LogP contribution in [-0.2, 0) is 14.3 Å². The molecule has 0 radical (unpaired) electrons. The number of aromatic nitrogens is 4. The van der Waals surface area contributed by atoms with Gasteiger partial charge in [-0.15, -0.1) is 0 Å². The third kappa shape index (κ3) is 3.50. The summed E-state index contributed by atoms with van der Waals surface area (Å²) >= 11 is 0. The van der Waals surface area contributed by atoms with Crippen LogP contribution in [0.2, 0.25) is 0 Å². The van der Waals surface area contributed by atoms with Crippen molar-refractivity contribution in [1.82, 2.24) is 19.7 Å². The molecule has 2 N–H and O–H groups in total. The SMILES string of the molecule is CC(C)n1nccc1[C@H]1OCC[C@@H]1C(=O)Nc1ccc2nc([C@@H]3CCCO3)[nH]c2c1. The smallest absolute Gasteiger partial charge is 0.230 e. The number of benzene rings is 1. The Morgan fingerprint density at radius 1 is 1.23 bits per heavy atom. The zero-order chi connectivity index (χ0) is 20.7. The molecule has 0 bridgehead atoms. The first-order valence-electron chi connectivity index (χ1n) is 10.7. The van der Waals surface area contributed by atoms with Gasteiger partial charge in [-0.25, -0.2) is 4.98 Å². The fourth-order valence-corrected chi connectivity index (χ4v) is 4.42. The van der Waals surface area contributed by atoms with E-state index >= 15 is 0 Å². The van der Waals surface area contributed by atoms with Gasteiger partial charge in [-0.2, -0.15) is 5.10 Å². The maximum atomic E-state index is 13.1. The number of fused-ring (bicyclic) bond motifs is 1. The lowest BCUT2D eigenvalue weighted by Crippen LogP contribution is -2.27. The normalized spacial score (nSPS) is 24.2. The summed E-state index contributed by atoms with van der Waals surface area (Å²) in [5.74, 6) is 0.573. The molecule has 1 aromatic carbocycles. The summed E-state index contributed by atoms with van der Waals surface area (Å²) in [5, 5.41) is 7.46. The third-order valence-electron chi connectivity index (χ3n) is 5.91. The van der Waals surface area contributed by atoms with Gasteiger partial charge < -0.3 is 19.8 Å². The molecular weight excluding hydrogens is 382 g/mol. The third-order valence-corrected chi connectivity index (χ3v) is 5.91. The van der Waals surface area contributed by atoms with Crippen molar-refractivity contribution < 1.29 is 14.3 Å². The number of amides is 1. The molecule has 30 heavy (non-hydrogen) atoms. The Morgan fingerprint density at radius 3 is 2.93 bits per heavy atom. The molecule has 3 aromatic rings. The molecule has 158 valence electrons. The second-order valence-corrected chi connectivity index (χ2v) is 8.33. The Hall–Kier alpha value is -2.71. The lowest BCUT2D eigenvalue weighted by Gasteiger charge is -2.21. The average Bonchev–Trinajstić information content (AvgIpc) is 3.53. The summed E-state index contributed by atoms with van der Waals surface area (Å²) in [6.07, 6.45) is 4.26. The molecule has 2 saturated heterocycles. The Kier molecular flexibility index (Phi) is 5.04. The maximum Gasteiger partial charge on any atom is 0.230 e. The van der Waals surface area contributed by atoms with E-state index in [0.717, 1.165) is 47.7 Å². The van der Waals surface area contributed by atoms with Crippen molar-refractivity contribution in [3.05, 3.63) is 42.0 Å². The molecule has 4 heterocycles. The minimum atomic E-state index is -0.281. The molecule has 1 amide bonds. The van der Waals surface area contributed by atoms with Crippen LogP contribution in [0, 0.1) is 5.92 Å². The fraction of sp³-hybridized carbons (Fsp3) is 0.500. The van der Waals surface area contributed by atoms with Crippen LogP contribution in [-0.4, -0.2) is 38.9 Å². The lowest BCUT2D eigenvalue weighted by molar-refractivity contribution is -0.121. The molecule has 0 aliphatic carbocycles. The van der Waals surface area contributed by atoms with E-state index in [4.69, 9.17) is 9.47 Å². The monoisotopic (exact) mass is 409 g/mol. The lowest BCUT2D eigenvalue weighted by atomic mass is 9.97. The number of hydrogen-bond acceptors (Lipinski definition) is 5. The number of hydrogen-bond donors (Lipinski definition) is 2. The van der Waals surface area contributed by atoms with E-state index in [0.29, 0.717) is 13.0 Å². The zero-order valence-corrected chi connectivity index (χ0v) is 17.3. The van der Waals surface area contributed by atoms with Gasteiger partial charge in [-0.1, -0.05) is 0 Å². The van der Waals surface area contributed by atoms with Gasteiger partial charge in [-0.05, 0) is 57.4 Å². The van der Waals surface area contributed by atoms with Crippen LogP contribution in [0.15, 0.2) is 30.5 Å². The molecule has 0 saturated carbocycles. The number of carbonyl (C=O) groups excluding carboxylic acids is 1. The van der Waals surface area contributed by atoms with Crippen LogP contribution in [0.4, 0.5) is 5.69 Å². The predicted octanol–water partition coefficient (Wildman–Crippen LogP) is 3.91. The highest BCUT2D eigenvalue weighted by molar-refractivity contribution is 5.95. The molecule has 2 fully saturated rings. The van der Waals surface area contributed by atoms with Crippen LogP contribution >= 0.6 is 0 Å². The highest BCUT2D eigenvalue weighted by Gasteiger charge is 2.37. The summed E-state index contributed by atoms with van der Waals surface area (Å²) in [7, 11) is 0. The molecule has 8 heteroatoms. The van der Waals surface area contributed by atoms with E-state index in [1.807, 2.05) is 28.9 Å². The van der Waals surface area contributed by atoms with Crippen molar-refractivity contribution in [2.24, 2.45) is 5.92 Å². The minimum Gasteiger partial charge on any atom is -0.371 e. The van der Waals surface area contributed by atoms with Crippen LogP contribution < -0.4 is 5.32 Å². The molecule has 2 aromatic heterocycles. The van der Waals surface area contributed by atoms with Gasteiger partial charge in [0.25, 0.3) is 0 Å². The van der Waals surface area contributed by atoms with Crippen molar-refractivity contribution in [1.29, 1.82) is 0 Å². The number of nitrogens with zero attached hydrogens (tertiary/aromatic N) is 3. The number of imidazole rings is 1. The number of H-pyrrole nitrogens is 1. The van der Waals surface area contributed by atoms with E-state index in [1.54, 1.807) is 6.20 Å². The molecule has 0 unspecified atom stereocenters. The highest BCUT2D eigenvalue weighted by Crippen LogP contribution is 2.36. The Labute approximate surface area is 175 Å². The summed E-state index contributed by atoms with van der Waals surface area (Å²) in [6, 6.07) is 7.91. The standard InChI is InChI=1S/C22H27N5O3/c1-13(2)27-18(7-9-23-27)20-15(8-11-30-20)22(28)24-14-5-6-16-17(12-14)26-21(25-16)19-4-3-10-29-19/h5-7,9,12-13,15,19-20H,3-4,8,10-11H2,1-2H3,(H,24,28)(H,25,26)/t15-,19-,20-/m0/s1. The first-order chi connectivity index (χ1) is 14.6. The molecule has 0 spiro atoms. The summed E-state index contributed by atoms with van der Waals surface area (Å²) < 4.78 is 13.6. The Morgan fingerprint density at radius 2 is 2.13 bits per heavy atom. The van der Waals surface area contributed by atoms with Crippen LogP contribution in [0.5, 0.6) is 0 Å². The summed E-state index contributed by atoms with van der Waals surface area (Å²) in [4.78, 5) is 21.1. The van der Waals surface area contributed by atoms with Crippen molar-refractivity contribution in [2.75, 3.05) is 18.5 Å². The van der Waals surface area contributed by atoms with E-state index in [-0.39, 0.29) is 30.1 Å². The van der Waals surface area contributed by atoms with Crippen molar-refractivity contribution in [2.45, 2.75) is 51.4 Å². The van der Waals surface area contributed by atoms with Gasteiger partial charge in [0.1, 0.15) is 18.0 Å². The predicted molar refractivity (Wildman–Crippen MR) is 112 cm³/mol. The molecule has 2 aliphatic heterocycles. The van der Waals surface area contributed by atoms with Crippen LogP contribution in [0.1, 0.15) is 62.9 Å². The van der Waals surface area contributed by atoms with Crippen molar-refractivity contribution in [3.8, 4) is 0 Å². The van der Waals surface area contributed by atoms with Gasteiger partial charge in [0.15, 0.2) is 0 Å². The van der Waals surface area contributed by atoms with Gasteiger partial charge in [0.05, 0.1) is 22.6 Å². The van der Waals surface area contributed by atoms with E-state index in [9.17, 15) is 4.79 Å². The molecular formula is C22H27N5O3. The second-order valence-electron chi connectivity index (χ2n) is 8.33. The Bertz CT molecular complexity index is 1050. The van der Waals surface area contributed by atoms with Crippen molar-refractivity contribution >= 4 is 22.6 Å². The largest absolute Gasteiger partial charge is 0.371 e.